The zero-order valence-corrected chi connectivity index (χ0v) is 10.8. The molecule has 4 rings (SSSR count). The maximum Gasteiger partial charge on any atom is 0.203 e. The monoisotopic (exact) mass is 234 g/mol. The highest BCUT2D eigenvalue weighted by Crippen LogP contribution is 2.36. The fraction of sp³-hybridized carbons (Fsp3) is 0.769. The van der Waals surface area contributed by atoms with Gasteiger partial charge >= 0.3 is 0 Å². The van der Waals surface area contributed by atoms with Crippen molar-refractivity contribution in [2.24, 2.45) is 5.92 Å². The minimum atomic E-state index is 0.442. The Morgan fingerprint density at radius 2 is 2.12 bits per heavy atom. The lowest BCUT2D eigenvalue weighted by Gasteiger charge is -2.45. The van der Waals surface area contributed by atoms with Crippen LogP contribution >= 0.6 is 0 Å². The van der Waals surface area contributed by atoms with E-state index in [1.807, 2.05) is 6.20 Å². The van der Waals surface area contributed by atoms with Crippen molar-refractivity contribution in [1.82, 2.24) is 14.5 Å². The Labute approximate surface area is 103 Å². The van der Waals surface area contributed by atoms with Crippen LogP contribution in [0.5, 0.6) is 0 Å². The molecule has 4 heterocycles. The predicted molar refractivity (Wildman–Crippen MR) is 69.2 cm³/mol. The van der Waals surface area contributed by atoms with Crippen LogP contribution in [0.4, 0.5) is 5.95 Å². The first-order valence-electron chi connectivity index (χ1n) is 6.76. The zero-order chi connectivity index (χ0) is 11.8. The van der Waals surface area contributed by atoms with Gasteiger partial charge in [-0.05, 0) is 45.7 Å². The van der Waals surface area contributed by atoms with E-state index in [9.17, 15) is 0 Å². The fourth-order valence-electron chi connectivity index (χ4n) is 3.20. The molecule has 3 saturated heterocycles. The first-order valence-corrected chi connectivity index (χ1v) is 6.76. The third-order valence-electron chi connectivity index (χ3n) is 4.07. The van der Waals surface area contributed by atoms with E-state index in [0.717, 1.165) is 11.9 Å². The first-order chi connectivity index (χ1) is 8.24. The number of nitrogens with zero attached hydrogens (tertiary/aromatic N) is 3. The van der Waals surface area contributed by atoms with E-state index in [4.69, 9.17) is 0 Å². The number of nitrogens with one attached hydrogen (secondary N) is 1. The first kappa shape index (κ1) is 11.1. The summed E-state index contributed by atoms with van der Waals surface area (Å²) in [7, 11) is 0. The van der Waals surface area contributed by atoms with Crippen LogP contribution in [0.2, 0.25) is 0 Å². The topological polar surface area (TPSA) is 33.1 Å². The second-order valence-corrected chi connectivity index (χ2v) is 5.66. The SMILES string of the molecule is CC(C)Nc1nccn1C1CN2CCC1CC2. The normalized spacial score (nSPS) is 32.1. The second-order valence-electron chi connectivity index (χ2n) is 5.66. The molecule has 1 N–H and O–H groups in total. The molecule has 3 aliphatic heterocycles. The molecule has 0 amide bonds. The minimum Gasteiger partial charge on any atom is -0.353 e. The Hall–Kier alpha value is -1.03. The van der Waals surface area contributed by atoms with Gasteiger partial charge in [0, 0.05) is 25.0 Å². The Bertz CT molecular complexity index is 377. The van der Waals surface area contributed by atoms with Crippen molar-refractivity contribution in [1.29, 1.82) is 0 Å². The van der Waals surface area contributed by atoms with Crippen LogP contribution in [-0.2, 0) is 0 Å². The molecule has 4 heteroatoms. The summed E-state index contributed by atoms with van der Waals surface area (Å²) in [6, 6.07) is 1.07. The molecule has 3 fully saturated rings. The van der Waals surface area contributed by atoms with Crippen molar-refractivity contribution >= 4 is 5.95 Å². The number of imidazole rings is 1. The molecule has 3 aliphatic rings. The van der Waals surface area contributed by atoms with Crippen molar-refractivity contribution < 1.29 is 0 Å². The summed E-state index contributed by atoms with van der Waals surface area (Å²) >= 11 is 0. The number of rotatable bonds is 3. The molecule has 0 aromatic carbocycles. The molecule has 1 unspecified atom stereocenters. The summed E-state index contributed by atoms with van der Waals surface area (Å²) in [4.78, 5) is 7.04. The van der Waals surface area contributed by atoms with Gasteiger partial charge in [-0.15, -0.1) is 0 Å². The molecular weight excluding hydrogens is 212 g/mol. The average Bonchev–Trinajstić information content (AvgIpc) is 2.77. The van der Waals surface area contributed by atoms with Crippen LogP contribution in [0.15, 0.2) is 12.4 Å². The molecule has 4 nitrogen and oxygen atoms in total. The molecule has 0 radical (unpaired) electrons. The Morgan fingerprint density at radius 3 is 2.71 bits per heavy atom. The number of piperidine rings is 3. The molecule has 2 bridgehead atoms. The van der Waals surface area contributed by atoms with Crippen LogP contribution in [0.1, 0.15) is 32.7 Å². The van der Waals surface area contributed by atoms with E-state index in [0.29, 0.717) is 12.1 Å². The van der Waals surface area contributed by atoms with Crippen molar-refractivity contribution in [2.75, 3.05) is 25.0 Å². The lowest BCUT2D eigenvalue weighted by molar-refractivity contribution is 0.0579. The molecule has 1 aromatic rings. The average molecular weight is 234 g/mol. The van der Waals surface area contributed by atoms with E-state index < -0.39 is 0 Å². The van der Waals surface area contributed by atoms with Crippen molar-refractivity contribution in [2.45, 2.75) is 38.8 Å². The summed E-state index contributed by atoms with van der Waals surface area (Å²) < 4.78 is 2.36. The standard InChI is InChI=1S/C13H22N4/c1-10(2)15-13-14-5-8-17(13)12-9-16-6-3-11(12)4-7-16/h5,8,10-12H,3-4,6-7,9H2,1-2H3,(H,14,15). The summed E-state index contributed by atoms with van der Waals surface area (Å²) in [6.45, 7) is 8.12. The molecule has 94 valence electrons. The van der Waals surface area contributed by atoms with Gasteiger partial charge in [0.05, 0.1) is 6.04 Å². The van der Waals surface area contributed by atoms with Gasteiger partial charge in [-0.25, -0.2) is 4.98 Å². The van der Waals surface area contributed by atoms with Crippen molar-refractivity contribution in [3.63, 3.8) is 0 Å². The Morgan fingerprint density at radius 1 is 1.35 bits per heavy atom. The van der Waals surface area contributed by atoms with E-state index in [1.165, 1.54) is 32.5 Å². The number of fused-ring (bicyclic) bond motifs is 3. The van der Waals surface area contributed by atoms with E-state index in [-0.39, 0.29) is 0 Å². The quantitative estimate of drug-likeness (QED) is 0.868. The number of aromatic nitrogens is 2. The Balaban J connectivity index is 1.81. The van der Waals surface area contributed by atoms with Crippen LogP contribution in [0.3, 0.4) is 0 Å². The van der Waals surface area contributed by atoms with Crippen LogP contribution in [0, 0.1) is 5.92 Å². The van der Waals surface area contributed by atoms with Gasteiger partial charge in [-0.3, -0.25) is 0 Å². The zero-order valence-electron chi connectivity index (χ0n) is 10.8. The molecule has 0 spiro atoms. The molecule has 0 aliphatic carbocycles. The number of hydrogen-bond donors (Lipinski definition) is 1. The molecule has 1 aromatic heterocycles. The third kappa shape index (κ3) is 2.06. The van der Waals surface area contributed by atoms with E-state index >= 15 is 0 Å². The van der Waals surface area contributed by atoms with Crippen LogP contribution < -0.4 is 5.32 Å². The lowest BCUT2D eigenvalue weighted by atomic mass is 9.84. The van der Waals surface area contributed by atoms with Gasteiger partial charge in [-0.2, -0.15) is 0 Å². The van der Waals surface area contributed by atoms with Gasteiger partial charge < -0.3 is 14.8 Å². The van der Waals surface area contributed by atoms with Crippen molar-refractivity contribution in [3.8, 4) is 0 Å². The largest absolute Gasteiger partial charge is 0.353 e. The lowest BCUT2D eigenvalue weighted by Crippen LogP contribution is -2.48. The van der Waals surface area contributed by atoms with Crippen molar-refractivity contribution in [3.05, 3.63) is 12.4 Å². The maximum absolute atomic E-state index is 4.45. The molecule has 17 heavy (non-hydrogen) atoms. The molecular formula is C13H22N4. The highest BCUT2D eigenvalue weighted by molar-refractivity contribution is 5.28. The van der Waals surface area contributed by atoms with Crippen LogP contribution in [-0.4, -0.2) is 40.1 Å². The number of hydrogen-bond acceptors (Lipinski definition) is 3. The summed E-state index contributed by atoms with van der Waals surface area (Å²) in [6.07, 6.45) is 6.76. The minimum absolute atomic E-state index is 0.442. The maximum atomic E-state index is 4.45. The summed E-state index contributed by atoms with van der Waals surface area (Å²) in [5, 5.41) is 3.44. The predicted octanol–water partition coefficient (Wildman–Crippen LogP) is 1.97. The number of anilines is 1. The summed E-state index contributed by atoms with van der Waals surface area (Å²) in [5.74, 6) is 1.89. The van der Waals surface area contributed by atoms with Gasteiger partial charge in [0.15, 0.2) is 0 Å². The molecule has 1 atom stereocenters. The highest BCUT2D eigenvalue weighted by Gasteiger charge is 2.35. The van der Waals surface area contributed by atoms with Gasteiger partial charge in [0.2, 0.25) is 5.95 Å². The molecule has 0 saturated carbocycles. The van der Waals surface area contributed by atoms with Gasteiger partial charge in [0.25, 0.3) is 0 Å². The summed E-state index contributed by atoms with van der Waals surface area (Å²) in [5.41, 5.74) is 0. The van der Waals surface area contributed by atoms with E-state index in [2.05, 4.69) is 39.8 Å². The van der Waals surface area contributed by atoms with Crippen LogP contribution in [0.25, 0.3) is 0 Å². The van der Waals surface area contributed by atoms with Gasteiger partial charge in [0.1, 0.15) is 0 Å². The van der Waals surface area contributed by atoms with Gasteiger partial charge in [-0.1, -0.05) is 0 Å². The van der Waals surface area contributed by atoms with E-state index in [1.54, 1.807) is 0 Å². The third-order valence-corrected chi connectivity index (χ3v) is 4.07. The fourth-order valence-corrected chi connectivity index (χ4v) is 3.20. The second kappa shape index (κ2) is 4.33. The highest BCUT2D eigenvalue weighted by atomic mass is 15.3. The smallest absolute Gasteiger partial charge is 0.203 e. The Kier molecular flexibility index (Phi) is 2.82.